The van der Waals surface area contributed by atoms with E-state index < -0.39 is 11.0 Å². The van der Waals surface area contributed by atoms with Crippen molar-refractivity contribution in [2.75, 3.05) is 10.6 Å². The summed E-state index contributed by atoms with van der Waals surface area (Å²) in [6, 6.07) is 13.4. The smallest absolute Gasteiger partial charge is 0.308 e. The van der Waals surface area contributed by atoms with Crippen LogP contribution in [0.25, 0.3) is 0 Å². The molecule has 0 saturated carbocycles. The zero-order valence-corrected chi connectivity index (χ0v) is 10.7. The third-order valence-corrected chi connectivity index (χ3v) is 2.59. The molecule has 0 bridgehead atoms. The summed E-state index contributed by atoms with van der Waals surface area (Å²) in [7, 11) is 0. The van der Waals surface area contributed by atoms with Gasteiger partial charge in [0.2, 0.25) is 0 Å². The summed E-state index contributed by atoms with van der Waals surface area (Å²) in [5.41, 5.74) is 1.29. The molecule has 2 amide bonds. The molecular formula is C14H10N4O3. The van der Waals surface area contributed by atoms with Crippen molar-refractivity contribution in [3.05, 3.63) is 64.2 Å². The fourth-order valence-corrected chi connectivity index (χ4v) is 1.63. The van der Waals surface area contributed by atoms with Gasteiger partial charge in [-0.05, 0) is 30.3 Å². The summed E-state index contributed by atoms with van der Waals surface area (Å²) < 4.78 is 0. The summed E-state index contributed by atoms with van der Waals surface area (Å²) in [4.78, 5) is 21.8. The molecule has 0 saturated heterocycles. The second-order valence-electron chi connectivity index (χ2n) is 4.08. The zero-order chi connectivity index (χ0) is 15.2. The zero-order valence-electron chi connectivity index (χ0n) is 10.7. The summed E-state index contributed by atoms with van der Waals surface area (Å²) in [6.07, 6.45) is 0. The summed E-state index contributed by atoms with van der Waals surface area (Å²) >= 11 is 0. The Labute approximate surface area is 120 Å². The maximum atomic E-state index is 11.8. The molecule has 2 N–H and O–H groups in total. The molecule has 7 nitrogen and oxygen atoms in total. The van der Waals surface area contributed by atoms with E-state index in [0.717, 1.165) is 0 Å². The highest BCUT2D eigenvalue weighted by molar-refractivity contribution is 5.99. The van der Waals surface area contributed by atoms with Crippen molar-refractivity contribution >= 4 is 23.1 Å². The highest BCUT2D eigenvalue weighted by Crippen LogP contribution is 2.16. The first-order valence-corrected chi connectivity index (χ1v) is 5.91. The van der Waals surface area contributed by atoms with Crippen molar-refractivity contribution in [2.45, 2.75) is 0 Å². The Kier molecular flexibility index (Phi) is 4.11. The largest absolute Gasteiger partial charge is 0.323 e. The van der Waals surface area contributed by atoms with E-state index in [2.05, 4.69) is 10.6 Å². The fraction of sp³-hybridized carbons (Fsp3) is 0. The van der Waals surface area contributed by atoms with Gasteiger partial charge in [0.1, 0.15) is 0 Å². The van der Waals surface area contributed by atoms with Gasteiger partial charge in [0.25, 0.3) is 5.69 Å². The molecule has 2 aromatic carbocycles. The van der Waals surface area contributed by atoms with Crippen LogP contribution in [0.4, 0.5) is 21.9 Å². The number of nitrogens with zero attached hydrogens (tertiary/aromatic N) is 2. The molecule has 0 unspecified atom stereocenters. The van der Waals surface area contributed by atoms with Crippen LogP contribution in [-0.4, -0.2) is 11.0 Å². The van der Waals surface area contributed by atoms with Crippen molar-refractivity contribution in [1.82, 2.24) is 0 Å². The van der Waals surface area contributed by atoms with Crippen molar-refractivity contribution in [3.8, 4) is 6.07 Å². The number of carbonyl (C=O) groups is 1. The first kappa shape index (κ1) is 14.0. The number of hydrogen-bond acceptors (Lipinski definition) is 4. The van der Waals surface area contributed by atoms with Gasteiger partial charge in [-0.1, -0.05) is 6.07 Å². The van der Waals surface area contributed by atoms with Crippen LogP contribution in [0.3, 0.4) is 0 Å². The lowest BCUT2D eigenvalue weighted by Gasteiger charge is -2.07. The normalized spacial score (nSPS) is 9.48. The van der Waals surface area contributed by atoms with Gasteiger partial charge in [0.15, 0.2) is 0 Å². The van der Waals surface area contributed by atoms with Gasteiger partial charge in [-0.25, -0.2) is 4.79 Å². The molecule has 2 aromatic rings. The van der Waals surface area contributed by atoms with E-state index in [1.54, 1.807) is 18.2 Å². The molecule has 21 heavy (non-hydrogen) atoms. The quantitative estimate of drug-likeness (QED) is 0.665. The van der Waals surface area contributed by atoms with Crippen LogP contribution >= 0.6 is 0 Å². The number of anilines is 2. The van der Waals surface area contributed by atoms with Gasteiger partial charge in [-0.2, -0.15) is 5.26 Å². The first-order valence-electron chi connectivity index (χ1n) is 5.91. The molecule has 0 aromatic heterocycles. The number of nitro groups is 1. The lowest BCUT2D eigenvalue weighted by molar-refractivity contribution is -0.384. The topological polar surface area (TPSA) is 108 Å². The highest BCUT2D eigenvalue weighted by Gasteiger charge is 2.06. The number of hydrogen-bond donors (Lipinski definition) is 2. The van der Waals surface area contributed by atoms with Gasteiger partial charge < -0.3 is 10.6 Å². The Hall–Kier alpha value is -3.40. The summed E-state index contributed by atoms with van der Waals surface area (Å²) in [6.45, 7) is 0. The van der Waals surface area contributed by atoms with Crippen LogP contribution in [0.2, 0.25) is 0 Å². The molecule has 104 valence electrons. The number of urea groups is 1. The maximum absolute atomic E-state index is 11.8. The predicted molar refractivity (Wildman–Crippen MR) is 76.9 cm³/mol. The number of nitriles is 1. The lowest BCUT2D eigenvalue weighted by Crippen LogP contribution is -2.19. The van der Waals surface area contributed by atoms with Crippen LogP contribution in [0.5, 0.6) is 0 Å². The number of benzene rings is 2. The monoisotopic (exact) mass is 282 g/mol. The second-order valence-corrected chi connectivity index (χ2v) is 4.08. The second kappa shape index (κ2) is 6.16. The minimum atomic E-state index is -0.517. The molecule has 0 aliphatic rings. The number of rotatable bonds is 3. The fourth-order valence-electron chi connectivity index (χ4n) is 1.63. The van der Waals surface area contributed by atoms with Gasteiger partial charge in [0, 0.05) is 23.5 Å². The Bertz CT molecular complexity index is 720. The molecule has 2 rings (SSSR count). The van der Waals surface area contributed by atoms with Crippen molar-refractivity contribution < 1.29 is 9.72 Å². The van der Waals surface area contributed by atoms with E-state index in [1.165, 1.54) is 30.3 Å². The van der Waals surface area contributed by atoms with Crippen molar-refractivity contribution in [1.29, 1.82) is 5.26 Å². The van der Waals surface area contributed by atoms with E-state index >= 15 is 0 Å². The molecule has 0 radical (unpaired) electrons. The predicted octanol–water partition coefficient (Wildman–Crippen LogP) is 3.11. The Morgan fingerprint density at radius 1 is 1.10 bits per heavy atom. The van der Waals surface area contributed by atoms with E-state index in [-0.39, 0.29) is 5.69 Å². The molecule has 0 fully saturated rings. The van der Waals surface area contributed by atoms with Crippen molar-refractivity contribution in [2.24, 2.45) is 0 Å². The molecule has 0 aliphatic carbocycles. The van der Waals surface area contributed by atoms with Gasteiger partial charge >= 0.3 is 6.03 Å². The Balaban J connectivity index is 2.01. The van der Waals surface area contributed by atoms with Crippen LogP contribution < -0.4 is 10.6 Å². The molecule has 0 heterocycles. The highest BCUT2D eigenvalue weighted by atomic mass is 16.6. The molecule has 0 atom stereocenters. The molecule has 0 spiro atoms. The van der Waals surface area contributed by atoms with Crippen LogP contribution in [-0.2, 0) is 0 Å². The van der Waals surface area contributed by atoms with E-state index in [0.29, 0.717) is 16.9 Å². The number of nitrogens with one attached hydrogen (secondary N) is 2. The third kappa shape index (κ3) is 3.78. The number of nitro benzene ring substituents is 1. The minimum Gasteiger partial charge on any atom is -0.308 e. The van der Waals surface area contributed by atoms with Crippen LogP contribution in [0, 0.1) is 21.4 Å². The van der Waals surface area contributed by atoms with Crippen LogP contribution in [0.1, 0.15) is 5.56 Å². The number of carbonyl (C=O) groups excluding carboxylic acids is 1. The number of amides is 2. The van der Waals surface area contributed by atoms with Crippen LogP contribution in [0.15, 0.2) is 48.5 Å². The Morgan fingerprint density at radius 2 is 1.76 bits per heavy atom. The maximum Gasteiger partial charge on any atom is 0.323 e. The number of non-ortho nitro benzene ring substituents is 1. The first-order chi connectivity index (χ1) is 10.1. The standard InChI is InChI=1S/C14H10N4O3/c15-9-10-2-1-3-12(8-10)17-14(19)16-11-4-6-13(7-5-11)18(20)21/h1-8H,(H2,16,17,19). The average molecular weight is 282 g/mol. The van der Waals surface area contributed by atoms with E-state index in [4.69, 9.17) is 5.26 Å². The van der Waals surface area contributed by atoms with E-state index in [1.807, 2.05) is 6.07 Å². The minimum absolute atomic E-state index is 0.0531. The van der Waals surface area contributed by atoms with Gasteiger partial charge in [-0.3, -0.25) is 10.1 Å². The van der Waals surface area contributed by atoms with Crippen molar-refractivity contribution in [3.63, 3.8) is 0 Å². The van der Waals surface area contributed by atoms with Gasteiger partial charge in [0.05, 0.1) is 16.6 Å². The summed E-state index contributed by atoms with van der Waals surface area (Å²) in [5, 5.41) is 24.4. The summed E-state index contributed by atoms with van der Waals surface area (Å²) in [5.74, 6) is 0. The average Bonchev–Trinajstić information content (AvgIpc) is 2.47. The molecule has 0 aliphatic heterocycles. The Morgan fingerprint density at radius 3 is 2.38 bits per heavy atom. The third-order valence-electron chi connectivity index (χ3n) is 2.59. The lowest BCUT2D eigenvalue weighted by atomic mass is 10.2. The van der Waals surface area contributed by atoms with E-state index in [9.17, 15) is 14.9 Å². The molecule has 7 heteroatoms. The van der Waals surface area contributed by atoms with Gasteiger partial charge in [-0.15, -0.1) is 0 Å². The SMILES string of the molecule is N#Cc1cccc(NC(=O)Nc2ccc([N+](=O)[O-])cc2)c1. The molecular weight excluding hydrogens is 272 g/mol.